The highest BCUT2D eigenvalue weighted by Crippen LogP contribution is 2.41. The van der Waals surface area contributed by atoms with Gasteiger partial charge in [0.25, 0.3) is 5.56 Å². The fourth-order valence-corrected chi connectivity index (χ4v) is 4.86. The lowest BCUT2D eigenvalue weighted by Crippen LogP contribution is -2.39. The molecule has 2 saturated carbocycles. The number of fused-ring (bicyclic) bond motifs is 1. The number of hydrogen-bond donors (Lipinski definition) is 2. The third kappa shape index (κ3) is 4.62. The van der Waals surface area contributed by atoms with Crippen molar-refractivity contribution in [3.8, 4) is 11.5 Å². The summed E-state index contributed by atoms with van der Waals surface area (Å²) in [5, 5.41) is 13.5. The van der Waals surface area contributed by atoms with E-state index in [1.807, 2.05) is 42.1 Å². The van der Waals surface area contributed by atoms with Gasteiger partial charge in [-0.2, -0.15) is 0 Å². The number of aliphatic hydroxyl groups is 1. The molecule has 3 heterocycles. The van der Waals surface area contributed by atoms with E-state index in [1.165, 1.54) is 6.92 Å². The zero-order valence-electron chi connectivity index (χ0n) is 20.8. The third-order valence-corrected chi connectivity index (χ3v) is 7.23. The monoisotopic (exact) mass is 499 g/mol. The highest BCUT2D eigenvalue weighted by atomic mass is 16.5. The SMILES string of the molecule is CC(=O)Cc1cc(Oc2ccc3nc(Nc4cc(C5CC5)cn(C5CC[C@@H]5O)c4=O)n(C)c3c2)ccn1. The smallest absolute Gasteiger partial charge is 0.274 e. The molecule has 9 heteroatoms. The minimum Gasteiger partial charge on any atom is -0.457 e. The number of rotatable bonds is 8. The number of anilines is 2. The molecule has 3 aromatic heterocycles. The maximum Gasteiger partial charge on any atom is 0.274 e. The fourth-order valence-electron chi connectivity index (χ4n) is 4.86. The van der Waals surface area contributed by atoms with Crippen LogP contribution in [-0.4, -0.2) is 36.1 Å². The Hall–Kier alpha value is -3.98. The Morgan fingerprint density at radius 3 is 2.65 bits per heavy atom. The predicted molar refractivity (Wildman–Crippen MR) is 140 cm³/mol. The van der Waals surface area contributed by atoms with Gasteiger partial charge in [-0.3, -0.25) is 14.6 Å². The third-order valence-electron chi connectivity index (χ3n) is 7.23. The van der Waals surface area contributed by atoms with Crippen LogP contribution in [0.15, 0.2) is 53.6 Å². The minimum absolute atomic E-state index is 0.0410. The minimum atomic E-state index is -0.479. The second kappa shape index (κ2) is 9.15. The number of hydrogen-bond acceptors (Lipinski definition) is 7. The molecule has 2 aliphatic rings. The van der Waals surface area contributed by atoms with Crippen molar-refractivity contribution in [2.75, 3.05) is 5.32 Å². The summed E-state index contributed by atoms with van der Waals surface area (Å²) in [6.07, 6.45) is 7.10. The lowest BCUT2D eigenvalue weighted by Gasteiger charge is -2.34. The number of ether oxygens (including phenoxy) is 1. The molecule has 190 valence electrons. The number of pyridine rings is 2. The number of aliphatic hydroxyl groups excluding tert-OH is 1. The number of Topliss-reactive ketones (excluding diaryl/α,β-unsaturated/α-hetero) is 1. The first-order chi connectivity index (χ1) is 17.9. The van der Waals surface area contributed by atoms with Gasteiger partial charge in [-0.1, -0.05) is 0 Å². The van der Waals surface area contributed by atoms with E-state index in [1.54, 1.807) is 22.9 Å². The van der Waals surface area contributed by atoms with E-state index < -0.39 is 6.10 Å². The Morgan fingerprint density at radius 2 is 1.95 bits per heavy atom. The van der Waals surface area contributed by atoms with E-state index in [0.29, 0.717) is 34.7 Å². The van der Waals surface area contributed by atoms with Crippen LogP contribution in [0.3, 0.4) is 0 Å². The molecule has 0 spiro atoms. The van der Waals surface area contributed by atoms with Crippen molar-refractivity contribution < 1.29 is 14.6 Å². The first kappa shape index (κ1) is 23.4. The Kier molecular flexibility index (Phi) is 5.79. The molecule has 2 aliphatic carbocycles. The maximum absolute atomic E-state index is 13.3. The highest BCUT2D eigenvalue weighted by molar-refractivity contribution is 5.81. The molecular weight excluding hydrogens is 470 g/mol. The van der Waals surface area contributed by atoms with Crippen molar-refractivity contribution in [1.29, 1.82) is 0 Å². The number of benzene rings is 1. The molecule has 2 fully saturated rings. The maximum atomic E-state index is 13.3. The molecule has 0 radical (unpaired) electrons. The van der Waals surface area contributed by atoms with Crippen LogP contribution in [0.5, 0.6) is 11.5 Å². The average molecular weight is 500 g/mol. The summed E-state index contributed by atoms with van der Waals surface area (Å²) in [5.74, 6) is 2.28. The van der Waals surface area contributed by atoms with Crippen molar-refractivity contribution in [2.24, 2.45) is 7.05 Å². The van der Waals surface area contributed by atoms with E-state index in [4.69, 9.17) is 9.72 Å². The second-order valence-electron chi connectivity index (χ2n) is 10.1. The number of aromatic nitrogens is 4. The van der Waals surface area contributed by atoms with Crippen molar-refractivity contribution in [1.82, 2.24) is 19.1 Å². The molecule has 0 aliphatic heterocycles. The molecule has 9 nitrogen and oxygen atoms in total. The van der Waals surface area contributed by atoms with E-state index in [-0.39, 0.29) is 23.8 Å². The molecule has 2 N–H and O–H groups in total. The van der Waals surface area contributed by atoms with Crippen LogP contribution >= 0.6 is 0 Å². The van der Waals surface area contributed by atoms with Crippen molar-refractivity contribution in [3.05, 3.63) is 70.4 Å². The number of carbonyl (C=O) groups is 1. The number of nitrogens with zero attached hydrogens (tertiary/aromatic N) is 4. The van der Waals surface area contributed by atoms with Gasteiger partial charge >= 0.3 is 0 Å². The Morgan fingerprint density at radius 1 is 1.14 bits per heavy atom. The Balaban J connectivity index is 1.29. The Labute approximate surface area is 213 Å². The zero-order valence-corrected chi connectivity index (χ0v) is 20.8. The quantitative estimate of drug-likeness (QED) is 0.370. The lowest BCUT2D eigenvalue weighted by atomic mass is 9.88. The average Bonchev–Trinajstić information content (AvgIpc) is 3.66. The number of ketones is 1. The van der Waals surface area contributed by atoms with Gasteiger partial charge in [0.1, 0.15) is 23.0 Å². The summed E-state index contributed by atoms with van der Waals surface area (Å²) < 4.78 is 9.63. The topological polar surface area (TPSA) is 111 Å². The van der Waals surface area contributed by atoms with Crippen LogP contribution < -0.4 is 15.6 Å². The van der Waals surface area contributed by atoms with Gasteiger partial charge in [-0.25, -0.2) is 4.98 Å². The van der Waals surface area contributed by atoms with Gasteiger partial charge < -0.3 is 24.3 Å². The van der Waals surface area contributed by atoms with Crippen LogP contribution in [0.1, 0.15) is 55.8 Å². The number of carbonyl (C=O) groups excluding carboxylic acids is 1. The summed E-state index contributed by atoms with van der Waals surface area (Å²) in [6.45, 7) is 1.53. The zero-order chi connectivity index (χ0) is 25.7. The van der Waals surface area contributed by atoms with Crippen molar-refractivity contribution >= 4 is 28.5 Å². The van der Waals surface area contributed by atoms with Crippen LogP contribution in [-0.2, 0) is 18.3 Å². The predicted octanol–water partition coefficient (Wildman–Crippen LogP) is 4.37. The number of aryl methyl sites for hydroxylation is 1. The summed E-state index contributed by atoms with van der Waals surface area (Å²) in [7, 11) is 1.89. The van der Waals surface area contributed by atoms with Crippen LogP contribution in [0.2, 0.25) is 0 Å². The second-order valence-corrected chi connectivity index (χ2v) is 10.1. The molecular formula is C28H29N5O4. The van der Waals surface area contributed by atoms with Gasteiger partial charge in [-0.15, -0.1) is 0 Å². The molecule has 2 atom stereocenters. The first-order valence-electron chi connectivity index (χ1n) is 12.7. The largest absolute Gasteiger partial charge is 0.457 e. The highest BCUT2D eigenvalue weighted by Gasteiger charge is 2.33. The molecule has 0 saturated heterocycles. The van der Waals surface area contributed by atoms with Gasteiger partial charge in [0.2, 0.25) is 5.95 Å². The summed E-state index contributed by atoms with van der Waals surface area (Å²) in [5.41, 5.74) is 3.70. The molecule has 0 amide bonds. The van der Waals surface area contributed by atoms with Crippen molar-refractivity contribution in [3.63, 3.8) is 0 Å². The molecule has 37 heavy (non-hydrogen) atoms. The summed E-state index contributed by atoms with van der Waals surface area (Å²) in [4.78, 5) is 33.7. The number of imidazole rings is 1. The summed E-state index contributed by atoms with van der Waals surface area (Å²) in [6, 6.07) is 10.9. The van der Waals surface area contributed by atoms with E-state index in [2.05, 4.69) is 10.3 Å². The molecule has 4 aromatic rings. The normalized spacial score (nSPS) is 19.0. The van der Waals surface area contributed by atoms with E-state index in [9.17, 15) is 14.7 Å². The molecule has 1 aromatic carbocycles. The van der Waals surface area contributed by atoms with E-state index >= 15 is 0 Å². The van der Waals surface area contributed by atoms with Gasteiger partial charge in [0, 0.05) is 38.0 Å². The van der Waals surface area contributed by atoms with E-state index in [0.717, 1.165) is 42.3 Å². The fraction of sp³-hybridized carbons (Fsp3) is 0.357. The first-order valence-corrected chi connectivity index (χ1v) is 12.7. The summed E-state index contributed by atoms with van der Waals surface area (Å²) >= 11 is 0. The van der Waals surface area contributed by atoms with Gasteiger partial charge in [0.05, 0.1) is 28.9 Å². The standard InChI is InChI=1S/C28H29N5O4/c1-16(34)11-19-13-21(9-10-29-19)37-20-5-6-22-25(14-20)32(2)28(30-22)31-23-12-18(17-3-4-17)15-33(27(23)36)24-7-8-26(24)35/h5-6,9-10,12-15,17,24,26,35H,3-4,7-8,11H2,1-2H3,(H,30,31)/t24?,26-/m0/s1. The molecule has 0 bridgehead atoms. The number of nitrogens with one attached hydrogen (secondary N) is 1. The van der Waals surface area contributed by atoms with Crippen LogP contribution in [0.4, 0.5) is 11.6 Å². The van der Waals surface area contributed by atoms with Crippen LogP contribution in [0, 0.1) is 0 Å². The molecule has 6 rings (SSSR count). The lowest BCUT2D eigenvalue weighted by molar-refractivity contribution is -0.116. The Bertz CT molecular complexity index is 1570. The van der Waals surface area contributed by atoms with Crippen molar-refractivity contribution in [2.45, 2.75) is 57.1 Å². The van der Waals surface area contributed by atoms with Gasteiger partial charge in [0.15, 0.2) is 0 Å². The van der Waals surface area contributed by atoms with Crippen LogP contribution in [0.25, 0.3) is 11.0 Å². The van der Waals surface area contributed by atoms with Gasteiger partial charge in [-0.05, 0) is 68.4 Å². The molecule has 1 unspecified atom stereocenters.